The van der Waals surface area contributed by atoms with E-state index in [-0.39, 0.29) is 12.1 Å². The highest BCUT2D eigenvalue weighted by Crippen LogP contribution is 2.49. The minimum atomic E-state index is -0.512. The molecule has 0 spiro atoms. The summed E-state index contributed by atoms with van der Waals surface area (Å²) in [5.41, 5.74) is -1.02. The maximum atomic E-state index is 12.2. The number of methoxy groups -OCH3 is 1. The maximum Gasteiger partial charge on any atom is 0.410 e. The molecule has 1 aliphatic carbocycles. The van der Waals surface area contributed by atoms with Crippen molar-refractivity contribution in [1.29, 1.82) is 0 Å². The molecule has 0 N–H and O–H groups in total. The Kier molecular flexibility index (Phi) is 3.98. The molecule has 0 aromatic rings. The topological polar surface area (TPSA) is 55.8 Å². The van der Waals surface area contributed by atoms with Gasteiger partial charge in [-0.3, -0.25) is 4.79 Å². The van der Waals surface area contributed by atoms with Crippen LogP contribution in [0.25, 0.3) is 0 Å². The van der Waals surface area contributed by atoms with Gasteiger partial charge in [0.2, 0.25) is 0 Å². The van der Waals surface area contributed by atoms with Crippen molar-refractivity contribution in [2.45, 2.75) is 52.1 Å². The summed E-state index contributed by atoms with van der Waals surface area (Å²) >= 11 is 0. The van der Waals surface area contributed by atoms with Crippen LogP contribution in [0.15, 0.2) is 0 Å². The molecular weight excluding hydrogens is 258 g/mol. The normalized spacial score (nSPS) is 29.8. The molecule has 1 aliphatic heterocycles. The molecule has 0 aromatic carbocycles. The van der Waals surface area contributed by atoms with Crippen LogP contribution in [0, 0.1) is 11.3 Å². The highest BCUT2D eigenvalue weighted by molar-refractivity contribution is 5.79. The van der Waals surface area contributed by atoms with Gasteiger partial charge in [-0.1, -0.05) is 6.42 Å². The van der Waals surface area contributed by atoms with E-state index in [0.717, 1.165) is 25.7 Å². The van der Waals surface area contributed by atoms with Crippen LogP contribution in [-0.4, -0.2) is 42.8 Å². The van der Waals surface area contributed by atoms with E-state index < -0.39 is 11.0 Å². The Balaban J connectivity index is 2.12. The lowest BCUT2D eigenvalue weighted by molar-refractivity contribution is -0.158. The van der Waals surface area contributed by atoms with Crippen molar-refractivity contribution in [3.8, 4) is 0 Å². The second kappa shape index (κ2) is 5.26. The van der Waals surface area contributed by atoms with E-state index in [9.17, 15) is 9.59 Å². The molecule has 114 valence electrons. The lowest BCUT2D eigenvalue weighted by Gasteiger charge is -2.42. The fraction of sp³-hybridized carbons (Fsp3) is 0.867. The molecule has 1 heterocycles. The van der Waals surface area contributed by atoms with Crippen LogP contribution in [0.5, 0.6) is 0 Å². The summed E-state index contributed by atoms with van der Waals surface area (Å²) in [5.74, 6) is 0.168. The Bertz CT molecular complexity index is 401. The molecule has 1 amide bonds. The van der Waals surface area contributed by atoms with Crippen LogP contribution in [0.4, 0.5) is 4.79 Å². The number of piperidine rings is 1. The number of hydrogen-bond donors (Lipinski definition) is 0. The number of amides is 1. The van der Waals surface area contributed by atoms with Crippen molar-refractivity contribution in [2.75, 3.05) is 20.2 Å². The second-order valence-electron chi connectivity index (χ2n) is 6.93. The first-order valence-corrected chi connectivity index (χ1v) is 7.35. The third kappa shape index (κ3) is 2.76. The third-order valence-corrected chi connectivity index (χ3v) is 4.42. The predicted octanol–water partition coefficient (Wildman–Crippen LogP) is 2.59. The van der Waals surface area contributed by atoms with Crippen molar-refractivity contribution in [1.82, 2.24) is 4.90 Å². The first kappa shape index (κ1) is 15.1. The molecular formula is C15H25NO4. The van der Waals surface area contributed by atoms with E-state index in [1.165, 1.54) is 7.11 Å². The molecule has 20 heavy (non-hydrogen) atoms. The first-order valence-electron chi connectivity index (χ1n) is 7.35. The number of esters is 1. The van der Waals surface area contributed by atoms with Gasteiger partial charge in [-0.25, -0.2) is 4.79 Å². The number of hydrogen-bond acceptors (Lipinski definition) is 4. The second-order valence-corrected chi connectivity index (χ2v) is 6.93. The SMILES string of the molecule is COC(=O)C12CCCC1CCN(C(=O)OC(C)(C)C)C2. The van der Waals surface area contributed by atoms with E-state index in [4.69, 9.17) is 9.47 Å². The molecule has 0 aromatic heterocycles. The highest BCUT2D eigenvalue weighted by atomic mass is 16.6. The summed E-state index contributed by atoms with van der Waals surface area (Å²) in [6.07, 6.45) is 3.42. The molecule has 2 atom stereocenters. The molecule has 2 unspecified atom stereocenters. The van der Waals surface area contributed by atoms with Gasteiger partial charge in [0, 0.05) is 13.1 Å². The Hall–Kier alpha value is -1.26. The molecule has 2 fully saturated rings. The van der Waals surface area contributed by atoms with E-state index in [1.54, 1.807) is 4.90 Å². The minimum Gasteiger partial charge on any atom is -0.469 e. The Morgan fingerprint density at radius 3 is 2.55 bits per heavy atom. The minimum absolute atomic E-state index is 0.173. The van der Waals surface area contributed by atoms with Gasteiger partial charge in [-0.05, 0) is 46.0 Å². The Morgan fingerprint density at radius 1 is 1.25 bits per heavy atom. The van der Waals surface area contributed by atoms with Crippen LogP contribution in [0.3, 0.4) is 0 Å². The summed E-state index contributed by atoms with van der Waals surface area (Å²) < 4.78 is 10.4. The highest BCUT2D eigenvalue weighted by Gasteiger charge is 2.53. The van der Waals surface area contributed by atoms with E-state index >= 15 is 0 Å². The van der Waals surface area contributed by atoms with Crippen LogP contribution in [0.2, 0.25) is 0 Å². The average molecular weight is 283 g/mol. The summed E-state index contributed by atoms with van der Waals surface area (Å²) in [7, 11) is 1.43. The molecule has 0 bridgehead atoms. The molecule has 2 aliphatic rings. The summed E-state index contributed by atoms with van der Waals surface area (Å²) in [4.78, 5) is 26.1. The van der Waals surface area contributed by atoms with Crippen LogP contribution in [-0.2, 0) is 14.3 Å². The van der Waals surface area contributed by atoms with Crippen molar-refractivity contribution >= 4 is 12.1 Å². The Morgan fingerprint density at radius 2 is 1.95 bits per heavy atom. The first-order chi connectivity index (χ1) is 9.28. The van der Waals surface area contributed by atoms with Gasteiger partial charge >= 0.3 is 12.1 Å². The number of likely N-dealkylation sites (tertiary alicyclic amines) is 1. The molecule has 2 rings (SSSR count). The van der Waals surface area contributed by atoms with Crippen molar-refractivity contribution in [2.24, 2.45) is 11.3 Å². The zero-order chi connectivity index (χ0) is 15.0. The summed E-state index contributed by atoms with van der Waals surface area (Å²) in [6.45, 7) is 6.65. The fourth-order valence-corrected chi connectivity index (χ4v) is 3.52. The summed E-state index contributed by atoms with van der Waals surface area (Å²) in [6, 6.07) is 0. The number of nitrogens with zero attached hydrogens (tertiary/aromatic N) is 1. The molecule has 5 heteroatoms. The largest absolute Gasteiger partial charge is 0.469 e. The standard InChI is InChI=1S/C15H25NO4/c1-14(2,3)20-13(18)16-9-7-11-6-5-8-15(11,10-16)12(17)19-4/h11H,5-10H2,1-4H3. The zero-order valence-electron chi connectivity index (χ0n) is 12.9. The van der Waals surface area contributed by atoms with Crippen molar-refractivity contribution in [3.05, 3.63) is 0 Å². The number of fused-ring (bicyclic) bond motifs is 1. The van der Waals surface area contributed by atoms with Crippen LogP contribution >= 0.6 is 0 Å². The van der Waals surface area contributed by atoms with Crippen molar-refractivity contribution in [3.63, 3.8) is 0 Å². The number of ether oxygens (including phenoxy) is 2. The monoisotopic (exact) mass is 283 g/mol. The quantitative estimate of drug-likeness (QED) is 0.694. The summed E-state index contributed by atoms with van der Waals surface area (Å²) in [5, 5.41) is 0. The van der Waals surface area contributed by atoms with Gasteiger partial charge in [-0.15, -0.1) is 0 Å². The molecule has 1 saturated carbocycles. The van der Waals surface area contributed by atoms with E-state index in [0.29, 0.717) is 19.0 Å². The third-order valence-electron chi connectivity index (χ3n) is 4.42. The lowest BCUT2D eigenvalue weighted by atomic mass is 9.73. The fourth-order valence-electron chi connectivity index (χ4n) is 3.52. The van der Waals surface area contributed by atoms with Gasteiger partial charge in [0.05, 0.1) is 12.5 Å². The number of rotatable bonds is 1. The van der Waals surface area contributed by atoms with E-state index in [1.807, 2.05) is 20.8 Å². The smallest absolute Gasteiger partial charge is 0.410 e. The van der Waals surface area contributed by atoms with Gasteiger partial charge in [0.1, 0.15) is 5.60 Å². The van der Waals surface area contributed by atoms with Gasteiger partial charge in [-0.2, -0.15) is 0 Å². The van der Waals surface area contributed by atoms with Crippen LogP contribution < -0.4 is 0 Å². The van der Waals surface area contributed by atoms with Gasteiger partial charge in [0.15, 0.2) is 0 Å². The average Bonchev–Trinajstić information content (AvgIpc) is 2.79. The molecule has 5 nitrogen and oxygen atoms in total. The van der Waals surface area contributed by atoms with Crippen LogP contribution in [0.1, 0.15) is 46.5 Å². The van der Waals surface area contributed by atoms with Gasteiger partial charge < -0.3 is 14.4 Å². The predicted molar refractivity (Wildman–Crippen MR) is 74.2 cm³/mol. The maximum absolute atomic E-state index is 12.2. The Labute approximate surface area is 120 Å². The van der Waals surface area contributed by atoms with Crippen molar-refractivity contribution < 1.29 is 19.1 Å². The number of carbonyl (C=O) groups excluding carboxylic acids is 2. The molecule has 1 saturated heterocycles. The lowest BCUT2D eigenvalue weighted by Crippen LogP contribution is -2.53. The van der Waals surface area contributed by atoms with Gasteiger partial charge in [0.25, 0.3) is 0 Å². The molecule has 0 radical (unpaired) electrons. The zero-order valence-corrected chi connectivity index (χ0v) is 12.9. The van der Waals surface area contributed by atoms with E-state index in [2.05, 4.69) is 0 Å². The number of carbonyl (C=O) groups is 2.